The smallest absolute Gasteiger partial charge is 0.341 e. The minimum Gasteiger partial charge on any atom is -0.479 e. The van der Waals surface area contributed by atoms with Crippen LogP contribution in [0, 0.1) is 11.3 Å². The average Bonchev–Trinajstić information content (AvgIpc) is 2.99. The van der Waals surface area contributed by atoms with Gasteiger partial charge in [0.25, 0.3) is 0 Å². The van der Waals surface area contributed by atoms with Gasteiger partial charge in [0.2, 0.25) is 5.91 Å². The van der Waals surface area contributed by atoms with Gasteiger partial charge in [0.05, 0.1) is 23.1 Å². The Morgan fingerprint density at radius 2 is 2.07 bits per heavy atom. The van der Waals surface area contributed by atoms with Crippen LogP contribution in [0.25, 0.3) is 16.4 Å². The average molecular weight is 366 g/mol. The second-order valence-corrected chi connectivity index (χ2v) is 5.74. The molecule has 0 radical (unpaired) electrons. The lowest BCUT2D eigenvalue weighted by Crippen LogP contribution is -2.31. The van der Waals surface area contributed by atoms with Crippen LogP contribution in [-0.4, -0.2) is 42.6 Å². The van der Waals surface area contributed by atoms with Crippen LogP contribution in [-0.2, 0) is 9.53 Å². The van der Waals surface area contributed by atoms with Gasteiger partial charge in [-0.25, -0.2) is 4.79 Å². The lowest BCUT2D eigenvalue weighted by atomic mass is 10.1. The molecule has 8 heteroatoms. The summed E-state index contributed by atoms with van der Waals surface area (Å²) in [5.41, 5.74) is 6.98. The van der Waals surface area contributed by atoms with Gasteiger partial charge in [-0.15, -0.1) is 0 Å². The fraction of sp³-hybridized carbons (Fsp3) is 0.211. The molecule has 3 aromatic rings. The number of carbonyl (C=O) groups is 2. The molecule has 0 aliphatic heterocycles. The highest BCUT2D eigenvalue weighted by Gasteiger charge is 2.19. The number of esters is 1. The van der Waals surface area contributed by atoms with E-state index in [1.165, 1.54) is 0 Å². The predicted molar refractivity (Wildman–Crippen MR) is 98.4 cm³/mol. The fourth-order valence-electron chi connectivity index (χ4n) is 2.84. The number of nitriles is 1. The first-order chi connectivity index (χ1) is 13.1. The van der Waals surface area contributed by atoms with Crippen molar-refractivity contribution in [1.29, 1.82) is 5.26 Å². The van der Waals surface area contributed by atoms with Crippen LogP contribution in [0.5, 0.6) is 5.75 Å². The molecule has 1 amide bonds. The van der Waals surface area contributed by atoms with Gasteiger partial charge in [-0.3, -0.25) is 4.79 Å². The first kappa shape index (κ1) is 18.2. The number of hydrogen-bond donors (Lipinski definition) is 2. The van der Waals surface area contributed by atoms with Crippen molar-refractivity contribution in [2.45, 2.75) is 0 Å². The molecule has 0 aliphatic carbocycles. The number of nitrogens with one attached hydrogen (secondary N) is 1. The van der Waals surface area contributed by atoms with Crippen molar-refractivity contribution in [1.82, 2.24) is 9.72 Å². The normalized spacial score (nSPS) is 10.6. The van der Waals surface area contributed by atoms with Crippen molar-refractivity contribution in [3.05, 3.63) is 48.2 Å². The standard InChI is InChI=1S/C19H18N4O4/c20-6-9-26-13-4-5-14-16(11-13)23-8-2-1-3-15(23)18(14)19(25)27-10-7-22-12-17(21)24/h1-5,8,11,22H,7,9-10,12H2,(H2,21,24). The summed E-state index contributed by atoms with van der Waals surface area (Å²) in [6.45, 7) is 0.412. The van der Waals surface area contributed by atoms with E-state index in [-0.39, 0.29) is 19.8 Å². The molecule has 0 fully saturated rings. The van der Waals surface area contributed by atoms with Crippen LogP contribution in [0.1, 0.15) is 10.4 Å². The number of fused-ring (bicyclic) bond motifs is 3. The van der Waals surface area contributed by atoms with Crippen molar-refractivity contribution in [3.63, 3.8) is 0 Å². The second kappa shape index (κ2) is 8.21. The summed E-state index contributed by atoms with van der Waals surface area (Å²) >= 11 is 0. The first-order valence-corrected chi connectivity index (χ1v) is 8.30. The van der Waals surface area contributed by atoms with Crippen LogP contribution in [0.4, 0.5) is 0 Å². The van der Waals surface area contributed by atoms with Gasteiger partial charge in [-0.1, -0.05) is 6.07 Å². The molecule has 0 atom stereocenters. The maximum atomic E-state index is 12.7. The summed E-state index contributed by atoms with van der Waals surface area (Å²) in [6.07, 6.45) is 1.84. The van der Waals surface area contributed by atoms with Gasteiger partial charge in [0, 0.05) is 24.2 Å². The molecule has 27 heavy (non-hydrogen) atoms. The topological polar surface area (TPSA) is 119 Å². The minimum absolute atomic E-state index is 0.0289. The molecule has 138 valence electrons. The number of pyridine rings is 1. The van der Waals surface area contributed by atoms with Gasteiger partial charge in [-0.05, 0) is 24.3 Å². The quantitative estimate of drug-likeness (QED) is 0.457. The van der Waals surface area contributed by atoms with E-state index in [2.05, 4.69) is 5.32 Å². The predicted octanol–water partition coefficient (Wildman–Crippen LogP) is 1.23. The molecule has 0 bridgehead atoms. The summed E-state index contributed by atoms with van der Waals surface area (Å²) in [7, 11) is 0. The first-order valence-electron chi connectivity index (χ1n) is 8.30. The summed E-state index contributed by atoms with van der Waals surface area (Å²) in [4.78, 5) is 23.3. The van der Waals surface area contributed by atoms with Crippen molar-refractivity contribution < 1.29 is 19.1 Å². The molecule has 0 spiro atoms. The van der Waals surface area contributed by atoms with E-state index in [0.29, 0.717) is 23.4 Å². The van der Waals surface area contributed by atoms with Gasteiger partial charge in [-0.2, -0.15) is 5.26 Å². The number of amides is 1. The summed E-state index contributed by atoms with van der Waals surface area (Å²) in [5, 5.41) is 12.2. The van der Waals surface area contributed by atoms with E-state index in [0.717, 1.165) is 10.9 Å². The van der Waals surface area contributed by atoms with Crippen molar-refractivity contribution in [2.75, 3.05) is 26.3 Å². The van der Waals surface area contributed by atoms with Crippen LogP contribution in [0.3, 0.4) is 0 Å². The third-order valence-corrected chi connectivity index (χ3v) is 3.93. The zero-order chi connectivity index (χ0) is 19.2. The number of aromatic nitrogens is 1. The van der Waals surface area contributed by atoms with Crippen LogP contribution in [0.2, 0.25) is 0 Å². The highest BCUT2D eigenvalue weighted by atomic mass is 16.5. The minimum atomic E-state index is -0.472. The number of benzene rings is 1. The largest absolute Gasteiger partial charge is 0.479 e. The second-order valence-electron chi connectivity index (χ2n) is 5.74. The van der Waals surface area contributed by atoms with E-state index in [1.807, 2.05) is 34.9 Å². The Morgan fingerprint density at radius 1 is 1.22 bits per heavy atom. The molecule has 1 aromatic carbocycles. The third kappa shape index (κ3) is 3.99. The number of hydrogen-bond acceptors (Lipinski definition) is 6. The highest BCUT2D eigenvalue weighted by molar-refractivity contribution is 6.11. The van der Waals surface area contributed by atoms with Crippen LogP contribution in [0.15, 0.2) is 42.6 Å². The molecule has 0 aliphatic rings. The number of ether oxygens (including phenoxy) is 2. The number of nitrogens with zero attached hydrogens (tertiary/aromatic N) is 2. The van der Waals surface area contributed by atoms with E-state index < -0.39 is 11.9 Å². The van der Waals surface area contributed by atoms with Crippen molar-refractivity contribution in [3.8, 4) is 11.8 Å². The van der Waals surface area contributed by atoms with Gasteiger partial charge in [0.15, 0.2) is 6.61 Å². The Labute approximate surface area is 155 Å². The van der Waals surface area contributed by atoms with Gasteiger partial charge >= 0.3 is 5.97 Å². The third-order valence-electron chi connectivity index (χ3n) is 3.93. The molecule has 2 aromatic heterocycles. The monoisotopic (exact) mass is 366 g/mol. The Morgan fingerprint density at radius 3 is 2.85 bits per heavy atom. The number of nitrogens with two attached hydrogens (primary N) is 1. The molecule has 0 saturated carbocycles. The van der Waals surface area contributed by atoms with Crippen molar-refractivity contribution >= 4 is 28.3 Å². The molecule has 3 N–H and O–H groups in total. The maximum absolute atomic E-state index is 12.7. The Balaban J connectivity index is 1.88. The summed E-state index contributed by atoms with van der Waals surface area (Å²) in [5.74, 6) is -0.386. The maximum Gasteiger partial charge on any atom is 0.341 e. The highest BCUT2D eigenvalue weighted by Crippen LogP contribution is 2.30. The lowest BCUT2D eigenvalue weighted by molar-refractivity contribution is -0.117. The molecular weight excluding hydrogens is 348 g/mol. The molecule has 2 heterocycles. The zero-order valence-corrected chi connectivity index (χ0v) is 14.5. The van der Waals surface area contributed by atoms with E-state index in [9.17, 15) is 9.59 Å². The summed E-state index contributed by atoms with van der Waals surface area (Å²) in [6, 6.07) is 12.7. The van der Waals surface area contributed by atoms with Crippen LogP contribution < -0.4 is 15.8 Å². The molecular formula is C19H18N4O4. The van der Waals surface area contributed by atoms with E-state index >= 15 is 0 Å². The Bertz CT molecular complexity index is 1040. The number of rotatable bonds is 8. The van der Waals surface area contributed by atoms with E-state index in [1.54, 1.807) is 18.2 Å². The SMILES string of the molecule is N#CCOc1ccc2c(C(=O)OCCNCC(N)=O)c3ccccn3c2c1. The van der Waals surface area contributed by atoms with Crippen LogP contribution >= 0.6 is 0 Å². The Hall–Kier alpha value is -3.57. The summed E-state index contributed by atoms with van der Waals surface area (Å²) < 4.78 is 12.6. The molecule has 8 nitrogen and oxygen atoms in total. The molecule has 0 unspecified atom stereocenters. The zero-order valence-electron chi connectivity index (χ0n) is 14.5. The number of carbonyl (C=O) groups excluding carboxylic acids is 2. The van der Waals surface area contributed by atoms with E-state index in [4.69, 9.17) is 20.5 Å². The molecule has 0 saturated heterocycles. The van der Waals surface area contributed by atoms with Gasteiger partial charge in [0.1, 0.15) is 18.4 Å². The molecule has 3 rings (SSSR count). The van der Waals surface area contributed by atoms with Crippen molar-refractivity contribution in [2.24, 2.45) is 5.73 Å². The Kier molecular flexibility index (Phi) is 5.54. The lowest BCUT2D eigenvalue weighted by Gasteiger charge is -2.05. The fourth-order valence-corrected chi connectivity index (χ4v) is 2.84. The van der Waals surface area contributed by atoms with Gasteiger partial charge < -0.3 is 24.9 Å². The number of primary amides is 1.